The summed E-state index contributed by atoms with van der Waals surface area (Å²) < 4.78 is 27.8. The lowest BCUT2D eigenvalue weighted by molar-refractivity contribution is 0.168. The van der Waals surface area contributed by atoms with Crippen molar-refractivity contribution in [2.24, 2.45) is 11.3 Å². The van der Waals surface area contributed by atoms with Crippen molar-refractivity contribution in [3.63, 3.8) is 0 Å². The van der Waals surface area contributed by atoms with Gasteiger partial charge in [0.05, 0.1) is 24.7 Å². The van der Waals surface area contributed by atoms with E-state index in [2.05, 4.69) is 0 Å². The van der Waals surface area contributed by atoms with E-state index in [1.54, 1.807) is 0 Å². The average Bonchev–Trinajstić information content (AvgIpc) is 2.40. The summed E-state index contributed by atoms with van der Waals surface area (Å²) in [6.07, 6.45) is 0. The lowest BCUT2D eigenvalue weighted by Crippen LogP contribution is -2.30. The smallest absolute Gasteiger partial charge is 0.151 e. The molecule has 0 spiro atoms. The van der Waals surface area contributed by atoms with Gasteiger partial charge in [0.2, 0.25) is 0 Å². The van der Waals surface area contributed by atoms with Gasteiger partial charge in [-0.1, -0.05) is 0 Å². The highest BCUT2D eigenvalue weighted by atomic mass is 35.5. The monoisotopic (exact) mass is 210 g/mol. The molecule has 5 heteroatoms. The number of fused-ring (bicyclic) bond motifs is 1. The first kappa shape index (κ1) is 8.78. The van der Waals surface area contributed by atoms with Crippen LogP contribution in [0.15, 0.2) is 0 Å². The zero-order chi connectivity index (χ0) is 8.82. The second-order valence-corrected chi connectivity index (χ2v) is 6.14. The van der Waals surface area contributed by atoms with Gasteiger partial charge in [-0.15, -0.1) is 11.6 Å². The van der Waals surface area contributed by atoms with Crippen LogP contribution in [0.2, 0.25) is 0 Å². The summed E-state index contributed by atoms with van der Waals surface area (Å²) in [7, 11) is -2.84. The van der Waals surface area contributed by atoms with E-state index in [-0.39, 0.29) is 22.8 Å². The number of hydrogen-bond acceptors (Lipinski definition) is 3. The van der Waals surface area contributed by atoms with Gasteiger partial charge in [-0.05, 0) is 0 Å². The fourth-order valence-corrected chi connectivity index (χ4v) is 5.05. The number of halogens is 1. The third kappa shape index (κ3) is 1.17. The van der Waals surface area contributed by atoms with Crippen molar-refractivity contribution < 1.29 is 13.2 Å². The molecule has 2 rings (SSSR count). The van der Waals surface area contributed by atoms with E-state index in [4.69, 9.17) is 16.3 Å². The summed E-state index contributed by atoms with van der Waals surface area (Å²) in [5.41, 5.74) is -0.264. The van der Waals surface area contributed by atoms with Crippen LogP contribution in [0.25, 0.3) is 0 Å². The first-order chi connectivity index (χ1) is 5.58. The Kier molecular flexibility index (Phi) is 1.90. The highest BCUT2D eigenvalue weighted by molar-refractivity contribution is 7.91. The maximum Gasteiger partial charge on any atom is 0.151 e. The molecular formula is C7H11ClO3S. The molecule has 2 aliphatic heterocycles. The molecule has 0 N–H and O–H groups in total. The molecule has 3 nitrogen and oxygen atoms in total. The Morgan fingerprint density at radius 2 is 2.33 bits per heavy atom. The van der Waals surface area contributed by atoms with Crippen molar-refractivity contribution in [1.82, 2.24) is 0 Å². The fourth-order valence-electron chi connectivity index (χ4n) is 2.07. The van der Waals surface area contributed by atoms with E-state index in [1.807, 2.05) is 0 Å². The van der Waals surface area contributed by atoms with Crippen LogP contribution in [-0.2, 0) is 14.6 Å². The molecule has 12 heavy (non-hydrogen) atoms. The molecule has 2 saturated heterocycles. The molecule has 0 saturated carbocycles. The molecule has 0 bridgehead atoms. The average molecular weight is 211 g/mol. The summed E-state index contributed by atoms with van der Waals surface area (Å²) in [6, 6.07) is 0. The minimum absolute atomic E-state index is 0.139. The Morgan fingerprint density at radius 1 is 1.58 bits per heavy atom. The van der Waals surface area contributed by atoms with E-state index in [9.17, 15) is 8.42 Å². The summed E-state index contributed by atoms with van der Waals surface area (Å²) in [6.45, 7) is 1.08. The SMILES string of the molecule is O=S1(=O)C[C@@H]2COC[C@]2(CCl)C1. The third-order valence-electron chi connectivity index (χ3n) is 2.80. The van der Waals surface area contributed by atoms with Gasteiger partial charge in [-0.3, -0.25) is 0 Å². The molecule has 0 radical (unpaired) electrons. The first-order valence-corrected chi connectivity index (χ1v) is 6.28. The maximum absolute atomic E-state index is 11.3. The molecule has 0 aromatic rings. The van der Waals surface area contributed by atoms with Gasteiger partial charge in [-0.25, -0.2) is 8.42 Å². The molecule has 70 valence electrons. The Bertz CT molecular complexity index is 287. The van der Waals surface area contributed by atoms with Crippen LogP contribution in [0.5, 0.6) is 0 Å². The minimum atomic E-state index is -2.84. The Balaban J connectivity index is 2.32. The van der Waals surface area contributed by atoms with Gasteiger partial charge < -0.3 is 4.74 Å². The van der Waals surface area contributed by atoms with E-state index in [1.165, 1.54) is 0 Å². The van der Waals surface area contributed by atoms with E-state index >= 15 is 0 Å². The number of hydrogen-bond donors (Lipinski definition) is 0. The lowest BCUT2D eigenvalue weighted by atomic mass is 9.83. The van der Waals surface area contributed by atoms with Gasteiger partial charge in [0, 0.05) is 17.2 Å². The molecule has 0 amide bonds. The second-order valence-electron chi connectivity index (χ2n) is 3.76. The van der Waals surface area contributed by atoms with Gasteiger partial charge in [-0.2, -0.15) is 0 Å². The topological polar surface area (TPSA) is 43.4 Å². The quantitative estimate of drug-likeness (QED) is 0.585. The standard InChI is InChI=1S/C7H11ClO3S/c8-3-7-4-11-1-6(7)2-12(9,10)5-7/h6H,1-5H2/t6-,7+/m0/s1. The van der Waals surface area contributed by atoms with Crippen LogP contribution in [0.3, 0.4) is 0 Å². The Morgan fingerprint density at radius 3 is 2.92 bits per heavy atom. The normalized spacial score (nSPS) is 44.6. The molecule has 2 aliphatic rings. The van der Waals surface area contributed by atoms with Crippen LogP contribution in [0.4, 0.5) is 0 Å². The van der Waals surface area contributed by atoms with Crippen molar-refractivity contribution in [2.75, 3.05) is 30.6 Å². The lowest BCUT2D eigenvalue weighted by Gasteiger charge is -2.21. The van der Waals surface area contributed by atoms with E-state index in [0.29, 0.717) is 19.1 Å². The zero-order valence-corrected chi connectivity index (χ0v) is 8.20. The molecular weight excluding hydrogens is 200 g/mol. The van der Waals surface area contributed by atoms with Crippen molar-refractivity contribution >= 4 is 21.4 Å². The highest BCUT2D eigenvalue weighted by Gasteiger charge is 2.53. The third-order valence-corrected chi connectivity index (χ3v) is 5.26. The molecule has 2 heterocycles. The van der Waals surface area contributed by atoms with Crippen molar-refractivity contribution in [3.8, 4) is 0 Å². The van der Waals surface area contributed by atoms with E-state index < -0.39 is 9.84 Å². The predicted octanol–water partition coefficient (Wildman–Crippen LogP) is 0.286. The van der Waals surface area contributed by atoms with Crippen LogP contribution in [0.1, 0.15) is 0 Å². The molecule has 0 aliphatic carbocycles. The van der Waals surface area contributed by atoms with E-state index in [0.717, 1.165) is 0 Å². The number of alkyl halides is 1. The van der Waals surface area contributed by atoms with Crippen LogP contribution in [-0.4, -0.2) is 39.0 Å². The summed E-state index contributed by atoms with van der Waals surface area (Å²) in [5, 5.41) is 0. The highest BCUT2D eigenvalue weighted by Crippen LogP contribution is 2.43. The predicted molar refractivity (Wildman–Crippen MR) is 46.1 cm³/mol. The molecule has 0 unspecified atom stereocenters. The fraction of sp³-hybridized carbons (Fsp3) is 1.00. The van der Waals surface area contributed by atoms with Crippen molar-refractivity contribution in [2.45, 2.75) is 0 Å². The molecule has 2 atom stereocenters. The summed E-state index contributed by atoms with van der Waals surface area (Å²) >= 11 is 5.78. The molecule has 0 aromatic carbocycles. The molecule has 2 fully saturated rings. The van der Waals surface area contributed by atoms with Gasteiger partial charge in [0.1, 0.15) is 0 Å². The Hall–Kier alpha value is 0.200. The maximum atomic E-state index is 11.3. The van der Waals surface area contributed by atoms with Crippen LogP contribution in [0, 0.1) is 11.3 Å². The number of ether oxygens (including phenoxy) is 1. The van der Waals surface area contributed by atoms with Gasteiger partial charge in [0.15, 0.2) is 9.84 Å². The van der Waals surface area contributed by atoms with Crippen LogP contribution >= 0.6 is 11.6 Å². The van der Waals surface area contributed by atoms with Gasteiger partial charge in [0.25, 0.3) is 0 Å². The number of rotatable bonds is 1. The van der Waals surface area contributed by atoms with Crippen LogP contribution < -0.4 is 0 Å². The van der Waals surface area contributed by atoms with Gasteiger partial charge >= 0.3 is 0 Å². The van der Waals surface area contributed by atoms with Crippen molar-refractivity contribution in [3.05, 3.63) is 0 Å². The minimum Gasteiger partial charge on any atom is -0.380 e. The second kappa shape index (κ2) is 2.59. The summed E-state index contributed by atoms with van der Waals surface area (Å²) in [5.74, 6) is 1.02. The Labute approximate surface area is 77.0 Å². The summed E-state index contributed by atoms with van der Waals surface area (Å²) in [4.78, 5) is 0. The molecule has 0 aromatic heterocycles. The van der Waals surface area contributed by atoms with Crippen molar-refractivity contribution in [1.29, 1.82) is 0 Å². The first-order valence-electron chi connectivity index (χ1n) is 3.92. The largest absolute Gasteiger partial charge is 0.380 e. The number of sulfone groups is 1. The zero-order valence-electron chi connectivity index (χ0n) is 6.62.